The molecule has 0 radical (unpaired) electrons. The van der Waals surface area contributed by atoms with Crippen molar-refractivity contribution in [2.75, 3.05) is 33.4 Å². The highest BCUT2D eigenvalue weighted by molar-refractivity contribution is 5.86. The second-order valence-electron chi connectivity index (χ2n) is 17.5. The molecule has 3 aromatic carbocycles. The molecular formula is C47H61N3O7. The van der Waals surface area contributed by atoms with Gasteiger partial charge in [0.05, 0.1) is 12.5 Å². The third kappa shape index (κ3) is 11.4. The van der Waals surface area contributed by atoms with E-state index in [1.165, 1.54) is 0 Å². The van der Waals surface area contributed by atoms with Crippen LogP contribution in [-0.2, 0) is 36.9 Å². The number of ether oxygens (including phenoxy) is 4. The van der Waals surface area contributed by atoms with Gasteiger partial charge < -0.3 is 33.3 Å². The zero-order valence-electron chi connectivity index (χ0n) is 34.9. The molecule has 0 bridgehead atoms. The minimum absolute atomic E-state index is 0.0830. The molecule has 10 heteroatoms. The van der Waals surface area contributed by atoms with Crippen molar-refractivity contribution in [3.63, 3.8) is 0 Å². The van der Waals surface area contributed by atoms with Crippen molar-refractivity contribution in [1.29, 1.82) is 0 Å². The molecule has 10 nitrogen and oxygen atoms in total. The number of methoxy groups -OCH3 is 1. The summed E-state index contributed by atoms with van der Waals surface area (Å²) in [6, 6.07) is 25.0. The fraction of sp³-hybridized carbons (Fsp3) is 0.511. The smallest absolute Gasteiger partial charge is 0.410 e. The molecular weight excluding hydrogens is 719 g/mol. The van der Waals surface area contributed by atoms with Crippen LogP contribution in [-0.4, -0.2) is 83.0 Å². The molecule has 2 fully saturated rings. The second-order valence-corrected chi connectivity index (χ2v) is 17.5. The minimum atomic E-state index is -0.639. The summed E-state index contributed by atoms with van der Waals surface area (Å²) < 4.78 is 24.8. The molecule has 0 N–H and O–H groups in total. The molecule has 6 rings (SSSR count). The first-order valence-corrected chi connectivity index (χ1v) is 20.6. The molecule has 1 aliphatic heterocycles. The number of benzene rings is 3. The quantitative estimate of drug-likeness (QED) is 0.0876. The number of aryl methyl sites for hydroxylation is 1. The fourth-order valence-corrected chi connectivity index (χ4v) is 7.77. The van der Waals surface area contributed by atoms with Crippen molar-refractivity contribution in [1.82, 2.24) is 14.4 Å². The number of hydrogen-bond acceptors (Lipinski definition) is 7. The van der Waals surface area contributed by atoms with Crippen molar-refractivity contribution >= 4 is 28.9 Å². The van der Waals surface area contributed by atoms with Gasteiger partial charge in [-0.05, 0) is 120 Å². The van der Waals surface area contributed by atoms with Gasteiger partial charge in [0.15, 0.2) is 0 Å². The summed E-state index contributed by atoms with van der Waals surface area (Å²) >= 11 is 0. The monoisotopic (exact) mass is 779 g/mol. The Morgan fingerprint density at radius 2 is 1.54 bits per heavy atom. The SMILES string of the molecule is COCCCn1cc(CN(C(=O)[C@H]2CN(C(=O)OC(C)(C)C)CC[C@@H]2c2cccc(-c3ccc(OCCCC(=O)OC(C)(C)C)cc3)c2)C2CC2)c2ccccc21. The first-order chi connectivity index (χ1) is 27.2. The van der Waals surface area contributed by atoms with Gasteiger partial charge in [0.2, 0.25) is 5.91 Å². The predicted molar refractivity (Wildman–Crippen MR) is 223 cm³/mol. The summed E-state index contributed by atoms with van der Waals surface area (Å²) in [6.07, 6.45) is 6.21. The van der Waals surface area contributed by atoms with Gasteiger partial charge in [0, 0.05) is 69.5 Å². The van der Waals surface area contributed by atoms with Gasteiger partial charge in [0.1, 0.15) is 17.0 Å². The van der Waals surface area contributed by atoms with Crippen LogP contribution in [0.3, 0.4) is 0 Å². The average Bonchev–Trinajstić information content (AvgIpc) is 3.96. The molecule has 57 heavy (non-hydrogen) atoms. The van der Waals surface area contributed by atoms with E-state index in [0.29, 0.717) is 52.1 Å². The van der Waals surface area contributed by atoms with Crippen LogP contribution >= 0.6 is 0 Å². The molecule has 1 saturated heterocycles. The number of carbonyl (C=O) groups is 3. The summed E-state index contributed by atoms with van der Waals surface area (Å²) in [5.74, 6) is 0.0795. The van der Waals surface area contributed by atoms with E-state index in [2.05, 4.69) is 64.2 Å². The molecule has 4 aromatic rings. The van der Waals surface area contributed by atoms with E-state index in [1.807, 2.05) is 65.8 Å². The van der Waals surface area contributed by atoms with Crippen LogP contribution in [0.4, 0.5) is 4.79 Å². The van der Waals surface area contributed by atoms with Crippen molar-refractivity contribution in [2.24, 2.45) is 5.92 Å². The lowest BCUT2D eigenvalue weighted by molar-refractivity contribution is -0.155. The maximum absolute atomic E-state index is 15.1. The van der Waals surface area contributed by atoms with Crippen LogP contribution in [0.15, 0.2) is 79.0 Å². The number of nitrogens with zero attached hydrogens (tertiary/aromatic N) is 3. The van der Waals surface area contributed by atoms with Crippen LogP contribution in [0.2, 0.25) is 0 Å². The Balaban J connectivity index is 1.21. The van der Waals surface area contributed by atoms with Gasteiger partial charge in [-0.15, -0.1) is 0 Å². The summed E-state index contributed by atoms with van der Waals surface area (Å²) in [7, 11) is 1.73. The van der Waals surface area contributed by atoms with Gasteiger partial charge in [0.25, 0.3) is 0 Å². The van der Waals surface area contributed by atoms with Gasteiger partial charge in [-0.3, -0.25) is 9.59 Å². The third-order valence-corrected chi connectivity index (χ3v) is 10.5. The zero-order chi connectivity index (χ0) is 40.7. The summed E-state index contributed by atoms with van der Waals surface area (Å²) in [5, 5.41) is 1.16. The Kier molecular flexibility index (Phi) is 13.3. The predicted octanol–water partition coefficient (Wildman–Crippen LogP) is 9.38. The normalized spacial score (nSPS) is 17.4. The number of piperidine rings is 1. The van der Waals surface area contributed by atoms with Crippen LogP contribution in [0, 0.1) is 5.92 Å². The lowest BCUT2D eigenvalue weighted by atomic mass is 9.79. The molecule has 0 spiro atoms. The first-order valence-electron chi connectivity index (χ1n) is 20.6. The van der Waals surface area contributed by atoms with Gasteiger partial charge >= 0.3 is 12.1 Å². The number of para-hydroxylation sites is 1. The minimum Gasteiger partial charge on any atom is -0.494 e. The summed E-state index contributed by atoms with van der Waals surface area (Å²) in [5.41, 5.74) is 4.33. The van der Waals surface area contributed by atoms with Crippen LogP contribution in [0.1, 0.15) is 97.1 Å². The molecule has 306 valence electrons. The number of rotatable bonds is 15. The van der Waals surface area contributed by atoms with Crippen molar-refractivity contribution in [2.45, 2.75) is 116 Å². The van der Waals surface area contributed by atoms with Crippen LogP contribution in [0.25, 0.3) is 22.0 Å². The largest absolute Gasteiger partial charge is 0.494 e. The Hall–Kier alpha value is -4.83. The molecule has 0 unspecified atom stereocenters. The van der Waals surface area contributed by atoms with Gasteiger partial charge in [-0.2, -0.15) is 0 Å². The molecule has 1 aromatic heterocycles. The van der Waals surface area contributed by atoms with E-state index in [-0.39, 0.29) is 29.9 Å². The lowest BCUT2D eigenvalue weighted by Gasteiger charge is -2.40. The molecule has 1 saturated carbocycles. The van der Waals surface area contributed by atoms with Crippen molar-refractivity contribution in [3.8, 4) is 16.9 Å². The van der Waals surface area contributed by atoms with Crippen LogP contribution in [0.5, 0.6) is 5.75 Å². The zero-order valence-corrected chi connectivity index (χ0v) is 34.9. The summed E-state index contributed by atoms with van der Waals surface area (Å²) in [4.78, 5) is 44.4. The topological polar surface area (TPSA) is 99.5 Å². The molecule has 2 heterocycles. The number of likely N-dealkylation sites (tertiary alicyclic amines) is 1. The average molecular weight is 780 g/mol. The van der Waals surface area contributed by atoms with E-state index in [4.69, 9.17) is 18.9 Å². The van der Waals surface area contributed by atoms with Crippen molar-refractivity contribution < 1.29 is 33.3 Å². The summed E-state index contributed by atoms with van der Waals surface area (Å²) in [6.45, 7) is 14.5. The van der Waals surface area contributed by atoms with E-state index in [1.54, 1.807) is 12.0 Å². The lowest BCUT2D eigenvalue weighted by Crippen LogP contribution is -2.51. The van der Waals surface area contributed by atoms with E-state index >= 15 is 4.79 Å². The molecule has 1 aliphatic carbocycles. The standard InChI is InChI=1S/C47H61N3O7/c1-46(2,3)56-43(51)17-11-28-55-38-22-18-33(19-23-38)34-13-10-14-35(29-34)39-24-26-49(45(53)57-47(4,5)6)32-41(39)44(52)50(37-20-21-37)31-36-30-48(25-12-27-54-7)42-16-9-8-15-40(36)42/h8-10,13-16,18-19,22-23,29-30,37,39,41H,11-12,17,20-21,24-28,31-32H2,1-7H3/t39-,41+/m1/s1. The number of hydrogen-bond donors (Lipinski definition) is 0. The van der Waals surface area contributed by atoms with Gasteiger partial charge in [-0.25, -0.2) is 4.79 Å². The van der Waals surface area contributed by atoms with Crippen molar-refractivity contribution in [3.05, 3.63) is 90.1 Å². The molecule has 2 amide bonds. The third-order valence-electron chi connectivity index (χ3n) is 10.5. The highest BCUT2D eigenvalue weighted by atomic mass is 16.6. The second kappa shape index (κ2) is 18.2. The number of aromatic nitrogens is 1. The number of esters is 1. The number of fused-ring (bicyclic) bond motifs is 1. The molecule has 2 atom stereocenters. The Morgan fingerprint density at radius 3 is 2.25 bits per heavy atom. The van der Waals surface area contributed by atoms with E-state index in [9.17, 15) is 9.59 Å². The Morgan fingerprint density at radius 1 is 0.807 bits per heavy atom. The number of carbonyl (C=O) groups excluding carboxylic acids is 3. The Bertz CT molecular complexity index is 1990. The van der Waals surface area contributed by atoms with E-state index < -0.39 is 17.1 Å². The first kappa shape index (κ1) is 41.8. The fourth-order valence-electron chi connectivity index (χ4n) is 7.77. The van der Waals surface area contributed by atoms with Gasteiger partial charge in [-0.1, -0.05) is 54.6 Å². The van der Waals surface area contributed by atoms with Crippen LogP contribution < -0.4 is 4.74 Å². The van der Waals surface area contributed by atoms with E-state index in [0.717, 1.165) is 64.7 Å². The maximum atomic E-state index is 15.1. The maximum Gasteiger partial charge on any atom is 0.410 e. The number of amides is 2. The molecule has 2 aliphatic rings. The Labute approximate surface area is 338 Å². The highest BCUT2D eigenvalue weighted by Crippen LogP contribution is 2.40. The highest BCUT2D eigenvalue weighted by Gasteiger charge is 2.43.